The minimum absolute atomic E-state index is 0.667. The fraction of sp³-hybridized carbons (Fsp3) is 0.0612. The molecule has 52 heavy (non-hydrogen) atoms. The van der Waals surface area contributed by atoms with Crippen molar-refractivity contribution in [3.05, 3.63) is 175 Å². The van der Waals surface area contributed by atoms with Crippen molar-refractivity contribution in [3.63, 3.8) is 0 Å². The van der Waals surface area contributed by atoms with Crippen LogP contribution in [-0.4, -0.2) is 14.5 Å². The van der Waals surface area contributed by atoms with Crippen LogP contribution < -0.4 is 0 Å². The van der Waals surface area contributed by atoms with Gasteiger partial charge >= 0.3 is 0 Å². The predicted octanol–water partition coefficient (Wildman–Crippen LogP) is 12.9. The predicted molar refractivity (Wildman–Crippen MR) is 219 cm³/mol. The van der Waals surface area contributed by atoms with E-state index in [1.54, 1.807) is 0 Å². The Morgan fingerprint density at radius 1 is 0.423 bits per heavy atom. The third-order valence-corrected chi connectivity index (χ3v) is 10.7. The Bertz CT molecular complexity index is 2950. The number of hydrogen-bond acceptors (Lipinski definition) is 2. The first-order chi connectivity index (χ1) is 25.7. The van der Waals surface area contributed by atoms with Crippen LogP contribution >= 0.6 is 0 Å². The number of aryl methyl sites for hydroxylation is 2. The van der Waals surface area contributed by atoms with E-state index in [4.69, 9.17) is 9.97 Å². The molecule has 3 nitrogen and oxygen atoms in total. The second-order valence-electron chi connectivity index (χ2n) is 13.7. The highest BCUT2D eigenvalue weighted by atomic mass is 15.2. The Morgan fingerprint density at radius 2 is 0.923 bits per heavy atom. The molecule has 8 aromatic carbocycles. The van der Waals surface area contributed by atoms with E-state index in [1.165, 1.54) is 65.3 Å². The fourth-order valence-electron chi connectivity index (χ4n) is 8.23. The Kier molecular flexibility index (Phi) is 7.00. The highest BCUT2D eigenvalue weighted by molar-refractivity contribution is 6.26. The minimum Gasteiger partial charge on any atom is -0.278 e. The molecule has 0 radical (unpaired) electrons. The summed E-state index contributed by atoms with van der Waals surface area (Å²) in [6.07, 6.45) is 0.898. The number of aromatic nitrogens is 3. The summed E-state index contributed by atoms with van der Waals surface area (Å²) in [7, 11) is 0. The zero-order chi connectivity index (χ0) is 34.8. The van der Waals surface area contributed by atoms with Gasteiger partial charge in [-0.1, -0.05) is 140 Å². The van der Waals surface area contributed by atoms with Gasteiger partial charge in [0, 0.05) is 21.9 Å². The summed E-state index contributed by atoms with van der Waals surface area (Å²) in [6.45, 7) is 4.50. The van der Waals surface area contributed by atoms with Gasteiger partial charge in [0.1, 0.15) is 0 Å². The van der Waals surface area contributed by atoms with E-state index in [0.717, 1.165) is 40.0 Å². The highest BCUT2D eigenvalue weighted by Gasteiger charge is 2.18. The molecule has 0 atom stereocenters. The third kappa shape index (κ3) is 4.74. The second-order valence-corrected chi connectivity index (χ2v) is 13.7. The average molecular weight is 666 g/mol. The maximum atomic E-state index is 5.32. The van der Waals surface area contributed by atoms with Gasteiger partial charge in [-0.3, -0.25) is 4.57 Å². The lowest BCUT2D eigenvalue weighted by atomic mass is 9.87. The summed E-state index contributed by atoms with van der Waals surface area (Å²) < 4.78 is 2.21. The Hall–Kier alpha value is -6.58. The number of para-hydroxylation sites is 2. The molecule has 0 unspecified atom stereocenters. The summed E-state index contributed by atoms with van der Waals surface area (Å²) in [5.41, 5.74) is 11.2. The maximum Gasteiger partial charge on any atom is 0.235 e. The first-order valence-corrected chi connectivity index (χ1v) is 18.1. The van der Waals surface area contributed by atoms with Gasteiger partial charge in [0.15, 0.2) is 0 Å². The zero-order valence-corrected chi connectivity index (χ0v) is 29.1. The molecule has 0 saturated heterocycles. The second kappa shape index (κ2) is 12.0. The van der Waals surface area contributed by atoms with E-state index < -0.39 is 0 Å². The first kappa shape index (κ1) is 30.3. The standard InChI is InChI=1S/C49H35N3/c1-3-32-28-34(25-26-35(32)42-29-44-39-20-10-8-18-37(39)36-17-7-9-19-38(36)43(44)27-31(42)2)46-30-45(33-15-5-4-6-16-33)50-49(51-46)52-47-23-13-11-21-40(47)41-22-12-14-24-48(41)52/h4-30H,3H2,1-2H3. The van der Waals surface area contributed by atoms with E-state index in [9.17, 15) is 0 Å². The molecule has 10 aromatic rings. The van der Waals surface area contributed by atoms with Crippen molar-refractivity contribution in [2.75, 3.05) is 0 Å². The van der Waals surface area contributed by atoms with Crippen LogP contribution in [0.1, 0.15) is 18.1 Å². The number of hydrogen-bond donors (Lipinski definition) is 0. The lowest BCUT2D eigenvalue weighted by Gasteiger charge is -2.17. The van der Waals surface area contributed by atoms with E-state index in [-0.39, 0.29) is 0 Å². The maximum absolute atomic E-state index is 5.32. The van der Waals surface area contributed by atoms with Crippen LogP contribution in [0, 0.1) is 6.92 Å². The van der Waals surface area contributed by atoms with Crippen LogP contribution in [0.25, 0.3) is 93.7 Å². The Balaban J connectivity index is 1.17. The molecule has 0 aliphatic rings. The van der Waals surface area contributed by atoms with Gasteiger partial charge in [0.25, 0.3) is 0 Å². The topological polar surface area (TPSA) is 30.7 Å². The van der Waals surface area contributed by atoms with Crippen molar-refractivity contribution in [1.82, 2.24) is 14.5 Å². The lowest BCUT2D eigenvalue weighted by Crippen LogP contribution is -2.04. The van der Waals surface area contributed by atoms with E-state index in [1.807, 2.05) is 6.07 Å². The third-order valence-electron chi connectivity index (χ3n) is 10.7. The number of fused-ring (bicyclic) bond motifs is 9. The van der Waals surface area contributed by atoms with Crippen molar-refractivity contribution in [3.8, 4) is 39.6 Å². The summed E-state index contributed by atoms with van der Waals surface area (Å²) in [6, 6.07) is 58.9. The molecule has 3 heteroatoms. The number of rotatable bonds is 5. The molecular weight excluding hydrogens is 631 g/mol. The van der Waals surface area contributed by atoms with Crippen LogP contribution in [-0.2, 0) is 6.42 Å². The molecule has 246 valence electrons. The van der Waals surface area contributed by atoms with Gasteiger partial charge in [-0.25, -0.2) is 9.97 Å². The van der Waals surface area contributed by atoms with Crippen LogP contribution in [0.15, 0.2) is 164 Å². The molecule has 2 heterocycles. The van der Waals surface area contributed by atoms with Gasteiger partial charge in [-0.2, -0.15) is 0 Å². The van der Waals surface area contributed by atoms with Crippen molar-refractivity contribution < 1.29 is 0 Å². The van der Waals surface area contributed by atoms with Crippen molar-refractivity contribution in [1.29, 1.82) is 0 Å². The van der Waals surface area contributed by atoms with Crippen LogP contribution in [0.4, 0.5) is 0 Å². The molecule has 0 N–H and O–H groups in total. The quantitative estimate of drug-likeness (QED) is 0.171. The van der Waals surface area contributed by atoms with Crippen molar-refractivity contribution in [2.45, 2.75) is 20.3 Å². The van der Waals surface area contributed by atoms with Gasteiger partial charge in [-0.05, 0) is 98.2 Å². The molecule has 10 rings (SSSR count). The average Bonchev–Trinajstić information content (AvgIpc) is 3.55. The molecule has 0 bridgehead atoms. The largest absolute Gasteiger partial charge is 0.278 e. The van der Waals surface area contributed by atoms with Crippen LogP contribution in [0.2, 0.25) is 0 Å². The lowest BCUT2D eigenvalue weighted by molar-refractivity contribution is 0.995. The normalized spacial score (nSPS) is 11.7. The van der Waals surface area contributed by atoms with E-state index in [0.29, 0.717) is 5.95 Å². The summed E-state index contributed by atoms with van der Waals surface area (Å²) >= 11 is 0. The monoisotopic (exact) mass is 665 g/mol. The van der Waals surface area contributed by atoms with E-state index >= 15 is 0 Å². The van der Waals surface area contributed by atoms with E-state index in [2.05, 4.69) is 176 Å². The summed E-state index contributed by atoms with van der Waals surface area (Å²) in [5, 5.41) is 10.2. The summed E-state index contributed by atoms with van der Waals surface area (Å²) in [4.78, 5) is 10.5. The molecule has 0 aliphatic carbocycles. The first-order valence-electron chi connectivity index (χ1n) is 18.1. The van der Waals surface area contributed by atoms with Gasteiger partial charge < -0.3 is 0 Å². The summed E-state index contributed by atoms with van der Waals surface area (Å²) in [5.74, 6) is 0.667. The highest BCUT2D eigenvalue weighted by Crippen LogP contribution is 2.40. The minimum atomic E-state index is 0.667. The molecule has 0 amide bonds. The fourth-order valence-corrected chi connectivity index (χ4v) is 8.23. The Morgan fingerprint density at radius 3 is 1.52 bits per heavy atom. The number of nitrogens with zero attached hydrogens (tertiary/aromatic N) is 3. The Labute approximate surface area is 302 Å². The van der Waals surface area contributed by atoms with Crippen LogP contribution in [0.5, 0.6) is 0 Å². The zero-order valence-electron chi connectivity index (χ0n) is 29.1. The SMILES string of the molecule is CCc1cc(-c2cc(-c3ccccc3)nc(-n3c4ccccc4c4ccccc43)n2)ccc1-c1cc2c3ccccc3c3ccccc3c2cc1C. The number of benzene rings is 8. The van der Waals surface area contributed by atoms with Crippen molar-refractivity contribution >= 4 is 54.1 Å². The van der Waals surface area contributed by atoms with Gasteiger partial charge in [-0.15, -0.1) is 0 Å². The van der Waals surface area contributed by atoms with Gasteiger partial charge in [0.05, 0.1) is 22.4 Å². The molecule has 0 saturated carbocycles. The molecular formula is C49H35N3. The molecule has 2 aromatic heterocycles. The molecule has 0 spiro atoms. The van der Waals surface area contributed by atoms with Gasteiger partial charge in [0.2, 0.25) is 5.95 Å². The molecule has 0 fully saturated rings. The van der Waals surface area contributed by atoms with Crippen molar-refractivity contribution in [2.24, 2.45) is 0 Å². The van der Waals surface area contributed by atoms with Crippen LogP contribution in [0.3, 0.4) is 0 Å². The smallest absolute Gasteiger partial charge is 0.235 e. The molecule has 0 aliphatic heterocycles.